The Morgan fingerprint density at radius 2 is 1.82 bits per heavy atom. The third-order valence-corrected chi connectivity index (χ3v) is 7.04. The summed E-state index contributed by atoms with van der Waals surface area (Å²) in [7, 11) is 0. The molecule has 0 radical (unpaired) electrons. The van der Waals surface area contributed by atoms with Crippen molar-refractivity contribution in [2.24, 2.45) is 0 Å². The van der Waals surface area contributed by atoms with E-state index >= 15 is 0 Å². The van der Waals surface area contributed by atoms with Gasteiger partial charge in [0.15, 0.2) is 0 Å². The van der Waals surface area contributed by atoms with Crippen molar-refractivity contribution in [3.63, 3.8) is 0 Å². The number of aromatic nitrogens is 2. The molecule has 2 heterocycles. The van der Waals surface area contributed by atoms with Crippen molar-refractivity contribution in [1.82, 2.24) is 20.2 Å². The van der Waals surface area contributed by atoms with Crippen LogP contribution in [-0.2, 0) is 25.7 Å². The molecule has 0 saturated carbocycles. The Morgan fingerprint density at radius 1 is 1.00 bits per heavy atom. The van der Waals surface area contributed by atoms with Gasteiger partial charge < -0.3 is 30.3 Å². The van der Waals surface area contributed by atoms with Crippen molar-refractivity contribution in [3.8, 4) is 5.75 Å². The monoisotopic (exact) mass is 632 g/mol. The van der Waals surface area contributed by atoms with E-state index in [0.717, 1.165) is 6.08 Å². The second kappa shape index (κ2) is 15.1. The Kier molecular flexibility index (Phi) is 10.5. The molecule has 0 bridgehead atoms. The minimum Gasteiger partial charge on any atom is -0.487 e. The summed E-state index contributed by atoms with van der Waals surface area (Å²) in [4.78, 5) is 47.0. The topological polar surface area (TPSA) is 135 Å². The molecule has 5 rings (SSSR count). The molecule has 0 unspecified atom stereocenters. The predicted molar refractivity (Wildman–Crippen MR) is 168 cm³/mol. The maximum Gasteiger partial charge on any atom is 0.246 e. The molecule has 13 heteroatoms. The molecule has 1 aliphatic rings. The molecular formula is C32H30ClFN6O5. The highest BCUT2D eigenvalue weighted by Crippen LogP contribution is 2.31. The first-order valence-corrected chi connectivity index (χ1v) is 14.5. The molecule has 0 spiro atoms. The van der Waals surface area contributed by atoms with Gasteiger partial charge in [-0.15, -0.1) is 0 Å². The van der Waals surface area contributed by atoms with Crippen molar-refractivity contribution in [2.45, 2.75) is 13.0 Å². The first-order valence-electron chi connectivity index (χ1n) is 14.1. The summed E-state index contributed by atoms with van der Waals surface area (Å²) < 4.78 is 24.4. The number of nitrogens with one attached hydrogen (secondary N) is 3. The predicted octanol–water partition coefficient (Wildman–Crippen LogP) is 4.60. The van der Waals surface area contributed by atoms with Crippen LogP contribution < -0.4 is 20.7 Å². The van der Waals surface area contributed by atoms with Gasteiger partial charge in [0.25, 0.3) is 0 Å². The number of fused-ring (bicyclic) bond motifs is 1. The third kappa shape index (κ3) is 8.97. The lowest BCUT2D eigenvalue weighted by Gasteiger charge is -2.25. The van der Waals surface area contributed by atoms with Crippen LogP contribution in [0.1, 0.15) is 12.0 Å². The summed E-state index contributed by atoms with van der Waals surface area (Å²) in [5.74, 6) is -0.436. The van der Waals surface area contributed by atoms with Crippen LogP contribution >= 0.6 is 11.6 Å². The SMILES string of the molecule is O=C(C=CC(=O)N1CCOCC1)NCCC(=O)Nc1ccc2ncnc(Nc3ccc(OCc4cccc(F)c4)c(Cl)c3)c2c1. The lowest BCUT2D eigenvalue weighted by atomic mass is 10.2. The van der Waals surface area contributed by atoms with Crippen molar-refractivity contribution < 1.29 is 28.2 Å². The summed E-state index contributed by atoms with van der Waals surface area (Å²) in [6.07, 6.45) is 3.83. The molecule has 11 nitrogen and oxygen atoms in total. The molecule has 1 aliphatic heterocycles. The highest BCUT2D eigenvalue weighted by Gasteiger charge is 2.15. The van der Waals surface area contributed by atoms with E-state index in [4.69, 9.17) is 21.1 Å². The van der Waals surface area contributed by atoms with Gasteiger partial charge in [-0.25, -0.2) is 14.4 Å². The van der Waals surface area contributed by atoms with Gasteiger partial charge in [-0.2, -0.15) is 0 Å². The zero-order valence-corrected chi connectivity index (χ0v) is 24.9. The lowest BCUT2D eigenvalue weighted by Crippen LogP contribution is -2.40. The molecule has 1 fully saturated rings. The van der Waals surface area contributed by atoms with Crippen LogP contribution in [0.25, 0.3) is 10.9 Å². The van der Waals surface area contributed by atoms with Crippen LogP contribution in [0.4, 0.5) is 21.6 Å². The maximum atomic E-state index is 13.4. The Hall–Kier alpha value is -5.07. The average molecular weight is 633 g/mol. The van der Waals surface area contributed by atoms with E-state index in [0.29, 0.717) is 70.7 Å². The van der Waals surface area contributed by atoms with Crippen molar-refractivity contribution in [1.29, 1.82) is 0 Å². The molecule has 0 atom stereocenters. The van der Waals surface area contributed by atoms with E-state index in [9.17, 15) is 18.8 Å². The van der Waals surface area contributed by atoms with Gasteiger partial charge in [0.2, 0.25) is 17.7 Å². The number of amides is 3. The van der Waals surface area contributed by atoms with Crippen LogP contribution in [0.15, 0.2) is 79.1 Å². The Labute approximate surface area is 263 Å². The van der Waals surface area contributed by atoms with Crippen LogP contribution in [0.5, 0.6) is 5.75 Å². The van der Waals surface area contributed by atoms with Gasteiger partial charge in [0, 0.05) is 55.0 Å². The van der Waals surface area contributed by atoms with Crippen LogP contribution in [0.2, 0.25) is 5.02 Å². The molecule has 3 amide bonds. The average Bonchev–Trinajstić information content (AvgIpc) is 3.04. The fraction of sp³-hybridized carbons (Fsp3) is 0.219. The van der Waals surface area contributed by atoms with E-state index in [1.807, 2.05) is 0 Å². The Morgan fingerprint density at radius 3 is 2.62 bits per heavy atom. The largest absolute Gasteiger partial charge is 0.487 e. The number of carbonyl (C=O) groups is 3. The van der Waals surface area contributed by atoms with E-state index in [1.165, 1.54) is 24.5 Å². The van der Waals surface area contributed by atoms with Gasteiger partial charge >= 0.3 is 0 Å². The number of morpholine rings is 1. The second-order valence-electron chi connectivity index (χ2n) is 10.0. The zero-order valence-electron chi connectivity index (χ0n) is 24.1. The van der Waals surface area contributed by atoms with Gasteiger partial charge in [0.1, 0.15) is 30.3 Å². The highest BCUT2D eigenvalue weighted by molar-refractivity contribution is 6.32. The van der Waals surface area contributed by atoms with Crippen LogP contribution in [0.3, 0.4) is 0 Å². The molecule has 45 heavy (non-hydrogen) atoms. The molecule has 1 saturated heterocycles. The first-order chi connectivity index (χ1) is 21.8. The quantitative estimate of drug-likeness (QED) is 0.204. The number of rotatable bonds is 11. The number of benzene rings is 3. The fourth-order valence-electron chi connectivity index (χ4n) is 4.47. The van der Waals surface area contributed by atoms with Crippen molar-refractivity contribution in [2.75, 3.05) is 43.5 Å². The molecule has 0 aliphatic carbocycles. The third-order valence-electron chi connectivity index (χ3n) is 6.75. The van der Waals surface area contributed by atoms with E-state index in [2.05, 4.69) is 25.9 Å². The van der Waals surface area contributed by atoms with Crippen LogP contribution in [-0.4, -0.2) is 65.4 Å². The van der Waals surface area contributed by atoms with Gasteiger partial charge in [0.05, 0.1) is 23.8 Å². The maximum absolute atomic E-state index is 13.4. The molecule has 3 aromatic carbocycles. The number of hydrogen-bond donors (Lipinski definition) is 3. The molecule has 232 valence electrons. The summed E-state index contributed by atoms with van der Waals surface area (Å²) in [5, 5.41) is 9.65. The van der Waals surface area contributed by atoms with Crippen LogP contribution in [0, 0.1) is 5.82 Å². The number of carbonyl (C=O) groups excluding carboxylic acids is 3. The second-order valence-corrected chi connectivity index (χ2v) is 10.4. The molecular weight excluding hydrogens is 603 g/mol. The normalized spacial score (nSPS) is 13.1. The van der Waals surface area contributed by atoms with Crippen molar-refractivity contribution in [3.05, 3.63) is 95.5 Å². The Bertz CT molecular complexity index is 1730. The Balaban J connectivity index is 1.14. The van der Waals surface area contributed by atoms with E-state index in [-0.39, 0.29) is 37.2 Å². The number of anilines is 3. The van der Waals surface area contributed by atoms with Gasteiger partial charge in [-0.3, -0.25) is 14.4 Å². The molecule has 3 N–H and O–H groups in total. The first kappa shape index (κ1) is 31.4. The number of ether oxygens (including phenoxy) is 2. The minimum atomic E-state index is -0.464. The van der Waals surface area contributed by atoms with E-state index < -0.39 is 5.91 Å². The fourth-order valence-corrected chi connectivity index (χ4v) is 4.71. The summed E-state index contributed by atoms with van der Waals surface area (Å²) in [6.45, 7) is 2.18. The van der Waals surface area contributed by atoms with Crippen molar-refractivity contribution >= 4 is 57.4 Å². The summed E-state index contributed by atoms with van der Waals surface area (Å²) >= 11 is 6.45. The highest BCUT2D eigenvalue weighted by atomic mass is 35.5. The number of halogens is 2. The summed E-state index contributed by atoms with van der Waals surface area (Å²) in [6, 6.07) is 16.5. The number of hydrogen-bond acceptors (Lipinski definition) is 8. The van der Waals surface area contributed by atoms with Gasteiger partial charge in [-0.05, 0) is 54.1 Å². The molecule has 1 aromatic heterocycles. The number of nitrogens with zero attached hydrogens (tertiary/aromatic N) is 3. The lowest BCUT2D eigenvalue weighted by molar-refractivity contribution is -0.130. The standard InChI is InChI=1S/C32H30ClFN6O5/c33-26-18-24(5-7-28(26)45-19-21-2-1-3-22(34)16-21)39-32-25-17-23(4-6-27(25)36-20-37-32)38-30(42)10-11-35-29(41)8-9-31(43)40-12-14-44-15-13-40/h1-9,16-18,20H,10-15,19H2,(H,35,41)(H,38,42)(H,36,37,39). The summed E-state index contributed by atoms with van der Waals surface area (Å²) in [5.41, 5.74) is 2.49. The minimum absolute atomic E-state index is 0.0254. The van der Waals surface area contributed by atoms with E-state index in [1.54, 1.807) is 53.4 Å². The van der Waals surface area contributed by atoms with Gasteiger partial charge in [-0.1, -0.05) is 23.7 Å². The smallest absolute Gasteiger partial charge is 0.246 e. The molecule has 4 aromatic rings. The zero-order chi connectivity index (χ0) is 31.6.